The van der Waals surface area contributed by atoms with Gasteiger partial charge in [0.05, 0.1) is 12.5 Å². The van der Waals surface area contributed by atoms with E-state index in [4.69, 9.17) is 10.2 Å². The fourth-order valence-corrected chi connectivity index (χ4v) is 5.50. The predicted octanol–water partition coefficient (Wildman–Crippen LogP) is 2.48. The van der Waals surface area contributed by atoms with E-state index in [9.17, 15) is 19.2 Å². The summed E-state index contributed by atoms with van der Waals surface area (Å²) in [7, 11) is 3.78. The molecule has 0 aromatic heterocycles. The molecule has 1 aliphatic rings. The molecule has 25 heavy (non-hydrogen) atoms. The van der Waals surface area contributed by atoms with E-state index in [1.807, 2.05) is 21.6 Å². The van der Waals surface area contributed by atoms with Gasteiger partial charge in [0, 0.05) is 30.3 Å². The Morgan fingerprint density at radius 2 is 1.72 bits per heavy atom. The molecule has 0 spiro atoms. The largest absolute Gasteiger partial charge is 0.481 e. The quantitative estimate of drug-likeness (QED) is 0.323. The molecule has 142 valence electrons. The molecule has 1 heterocycles. The first-order chi connectivity index (χ1) is 11.9. The Labute approximate surface area is 155 Å². The number of carbonyl (C=O) groups is 4. The maximum Gasteiger partial charge on any atom is 0.303 e. The monoisotopic (exact) mass is 391 g/mol. The third-order valence-corrected chi connectivity index (χ3v) is 6.87. The Hall–Kier alpha value is -1.22. The van der Waals surface area contributed by atoms with Crippen molar-refractivity contribution in [1.29, 1.82) is 0 Å². The van der Waals surface area contributed by atoms with E-state index in [0.29, 0.717) is 11.7 Å². The molecule has 1 rings (SSSR count). The van der Waals surface area contributed by atoms with E-state index in [1.165, 1.54) is 12.2 Å². The van der Waals surface area contributed by atoms with Gasteiger partial charge in [0.25, 0.3) is 0 Å². The number of Topliss-reactive ketones (excluding diaryl/α,β-unsaturated/α-hetero) is 1. The third-order valence-electron chi connectivity index (χ3n) is 3.86. The van der Waals surface area contributed by atoms with Crippen molar-refractivity contribution in [3.63, 3.8) is 0 Å². The molecule has 7 nitrogen and oxygen atoms in total. The normalized spacial score (nSPS) is 17.8. The number of rotatable bonds is 13. The van der Waals surface area contributed by atoms with Gasteiger partial charge in [-0.25, -0.2) is 0 Å². The van der Waals surface area contributed by atoms with Crippen LogP contribution in [0.4, 0.5) is 0 Å². The first-order valence-electron chi connectivity index (χ1n) is 8.42. The molecule has 1 saturated heterocycles. The van der Waals surface area contributed by atoms with Crippen molar-refractivity contribution in [3.8, 4) is 0 Å². The third kappa shape index (κ3) is 10.4. The van der Waals surface area contributed by atoms with Crippen LogP contribution in [-0.4, -0.2) is 50.9 Å². The predicted molar refractivity (Wildman–Crippen MR) is 97.6 cm³/mol. The van der Waals surface area contributed by atoms with Crippen molar-refractivity contribution in [3.05, 3.63) is 0 Å². The summed E-state index contributed by atoms with van der Waals surface area (Å²) in [6.45, 7) is 0. The van der Waals surface area contributed by atoms with E-state index >= 15 is 0 Å². The molecule has 3 N–H and O–H groups in total. The average Bonchev–Trinajstić information content (AvgIpc) is 3.06. The van der Waals surface area contributed by atoms with Crippen LogP contribution in [0, 0.1) is 0 Å². The van der Waals surface area contributed by atoms with Gasteiger partial charge in [-0.15, -0.1) is 0 Å². The van der Waals surface area contributed by atoms with Crippen molar-refractivity contribution in [2.24, 2.45) is 0 Å². The topological polar surface area (TPSA) is 121 Å². The molecule has 0 unspecified atom stereocenters. The lowest BCUT2D eigenvalue weighted by molar-refractivity contribution is -0.140. The van der Waals surface area contributed by atoms with Crippen LogP contribution in [0.15, 0.2) is 0 Å². The molecule has 0 bridgehead atoms. The van der Waals surface area contributed by atoms with Crippen molar-refractivity contribution in [1.82, 2.24) is 5.32 Å². The van der Waals surface area contributed by atoms with Gasteiger partial charge in [0.1, 0.15) is 0 Å². The van der Waals surface area contributed by atoms with Gasteiger partial charge in [-0.1, -0.05) is 28.0 Å². The molecule has 0 aromatic rings. The average molecular weight is 392 g/mol. The summed E-state index contributed by atoms with van der Waals surface area (Å²) in [5.41, 5.74) is 0. The number of amides is 1. The molecule has 1 aliphatic heterocycles. The van der Waals surface area contributed by atoms with Crippen LogP contribution in [0.3, 0.4) is 0 Å². The van der Waals surface area contributed by atoms with E-state index in [0.717, 1.165) is 19.3 Å². The zero-order valence-corrected chi connectivity index (χ0v) is 15.7. The van der Waals surface area contributed by atoms with Gasteiger partial charge >= 0.3 is 11.9 Å². The van der Waals surface area contributed by atoms with Crippen LogP contribution in [-0.2, 0) is 19.2 Å². The molecule has 1 amide bonds. The second kappa shape index (κ2) is 12.2. The Morgan fingerprint density at radius 3 is 2.32 bits per heavy atom. The zero-order valence-electron chi connectivity index (χ0n) is 14.1. The summed E-state index contributed by atoms with van der Waals surface area (Å²) < 4.78 is 0. The first-order valence-corrected chi connectivity index (χ1v) is 10.8. The van der Waals surface area contributed by atoms with Crippen LogP contribution in [0.25, 0.3) is 0 Å². The number of hydrogen-bond donors (Lipinski definition) is 3. The highest BCUT2D eigenvalue weighted by Gasteiger charge is 2.22. The molecular formula is C16H25NO6S2. The molecule has 0 aliphatic carbocycles. The number of hydrogen-bond acceptors (Lipinski definition) is 6. The van der Waals surface area contributed by atoms with Crippen molar-refractivity contribution in [2.75, 3.05) is 5.75 Å². The van der Waals surface area contributed by atoms with Gasteiger partial charge in [-0.2, -0.15) is 0 Å². The Balaban J connectivity index is 2.34. The molecule has 0 saturated carbocycles. The lowest BCUT2D eigenvalue weighted by Crippen LogP contribution is -2.41. The highest BCUT2D eigenvalue weighted by molar-refractivity contribution is 8.77. The minimum atomic E-state index is -1.10. The van der Waals surface area contributed by atoms with E-state index in [-0.39, 0.29) is 31.6 Å². The van der Waals surface area contributed by atoms with Gasteiger partial charge in [0.15, 0.2) is 5.78 Å². The standard InChI is InChI=1S/C16H25NO6S2/c18-13(6-8-16(22)23)12(5-7-15(20)21)17-14(19)4-2-1-3-11-9-10-24-25-11/h11-12H,1-10H2,(H,17,19)(H,20,21)(H,22,23)/t11-,12+/m1/s1. The number of ketones is 1. The number of nitrogens with one attached hydrogen (secondary N) is 1. The van der Waals surface area contributed by atoms with Crippen LogP contribution in [0.2, 0.25) is 0 Å². The second-order valence-electron chi connectivity index (χ2n) is 5.99. The minimum Gasteiger partial charge on any atom is -0.481 e. The molecule has 0 aromatic carbocycles. The number of aliphatic carboxylic acids is 2. The number of carboxylic acid groups (broad SMARTS) is 2. The summed E-state index contributed by atoms with van der Waals surface area (Å²) in [5.74, 6) is -1.69. The molecule has 0 radical (unpaired) electrons. The Kier molecular flexibility index (Phi) is 10.6. The molecule has 2 atom stereocenters. The van der Waals surface area contributed by atoms with Crippen LogP contribution >= 0.6 is 21.6 Å². The lowest BCUT2D eigenvalue weighted by Gasteiger charge is -2.17. The van der Waals surface area contributed by atoms with E-state index in [2.05, 4.69) is 5.32 Å². The van der Waals surface area contributed by atoms with E-state index in [1.54, 1.807) is 0 Å². The van der Waals surface area contributed by atoms with Gasteiger partial charge < -0.3 is 15.5 Å². The minimum absolute atomic E-state index is 0.0184. The Morgan fingerprint density at radius 1 is 1.00 bits per heavy atom. The highest BCUT2D eigenvalue weighted by Crippen LogP contribution is 2.39. The molecule has 1 fully saturated rings. The van der Waals surface area contributed by atoms with Gasteiger partial charge in [-0.3, -0.25) is 19.2 Å². The lowest BCUT2D eigenvalue weighted by atomic mass is 10.0. The maximum absolute atomic E-state index is 12.0. The highest BCUT2D eigenvalue weighted by atomic mass is 33.1. The first kappa shape index (κ1) is 21.8. The van der Waals surface area contributed by atoms with E-state index < -0.39 is 23.8 Å². The smallest absolute Gasteiger partial charge is 0.303 e. The fraction of sp³-hybridized carbons (Fsp3) is 0.750. The summed E-state index contributed by atoms with van der Waals surface area (Å²) >= 11 is 0. The number of unbranched alkanes of at least 4 members (excludes halogenated alkanes) is 1. The van der Waals surface area contributed by atoms with Gasteiger partial charge in [0.2, 0.25) is 5.91 Å². The summed E-state index contributed by atoms with van der Waals surface area (Å²) in [6, 6.07) is -0.926. The van der Waals surface area contributed by atoms with Crippen LogP contribution in [0.5, 0.6) is 0 Å². The molecular weight excluding hydrogens is 366 g/mol. The molecule has 9 heteroatoms. The van der Waals surface area contributed by atoms with Crippen molar-refractivity contribution < 1.29 is 29.4 Å². The van der Waals surface area contributed by atoms with Crippen molar-refractivity contribution in [2.45, 2.75) is 69.1 Å². The summed E-state index contributed by atoms with van der Waals surface area (Å²) in [5, 5.41) is 20.6. The summed E-state index contributed by atoms with van der Waals surface area (Å²) in [4.78, 5) is 45.3. The maximum atomic E-state index is 12.0. The van der Waals surface area contributed by atoms with Crippen molar-refractivity contribution >= 4 is 45.2 Å². The second-order valence-corrected chi connectivity index (χ2v) is 8.77. The number of carboxylic acids is 2. The number of carbonyl (C=O) groups excluding carboxylic acids is 2. The van der Waals surface area contributed by atoms with Gasteiger partial charge in [-0.05, 0) is 25.7 Å². The zero-order chi connectivity index (χ0) is 18.7. The Bertz CT molecular complexity index is 479. The van der Waals surface area contributed by atoms with Crippen LogP contribution in [0.1, 0.15) is 57.8 Å². The fourth-order valence-electron chi connectivity index (χ4n) is 2.47. The van der Waals surface area contributed by atoms with Crippen LogP contribution < -0.4 is 5.32 Å². The SMILES string of the molecule is O=C(O)CCC(=O)[C@H](CCC(=O)O)NC(=O)CCCC[C@@H]1CCSS1. The summed E-state index contributed by atoms with van der Waals surface area (Å²) in [6.07, 6.45) is 3.44.